The summed E-state index contributed by atoms with van der Waals surface area (Å²) in [7, 11) is -3.27. The number of nitrogens with zero attached hydrogens (tertiary/aromatic N) is 3. The largest absolute Gasteiger partial charge is 0.420 e. The van der Waals surface area contributed by atoms with Gasteiger partial charge in [0, 0.05) is 42.1 Å². The van der Waals surface area contributed by atoms with E-state index in [9.17, 15) is 13.2 Å². The third-order valence-electron chi connectivity index (χ3n) is 4.55. The number of nitrogens with one attached hydrogen (secondary N) is 1. The Hall–Kier alpha value is -2.81. The highest BCUT2D eigenvalue weighted by atomic mass is 32.2. The van der Waals surface area contributed by atoms with E-state index >= 15 is 0 Å². The first-order valence-corrected chi connectivity index (χ1v) is 11.4. The van der Waals surface area contributed by atoms with E-state index in [4.69, 9.17) is 4.74 Å². The first kappa shape index (κ1) is 20.9. The maximum absolute atomic E-state index is 12.7. The quantitative estimate of drug-likeness (QED) is 0.738. The molecule has 3 rings (SSSR count). The molecule has 2 heterocycles. The molecule has 0 spiro atoms. The number of carbonyl (C=O) groups excluding carboxylic acids is 1. The summed E-state index contributed by atoms with van der Waals surface area (Å²) in [4.78, 5) is 25.8. The summed E-state index contributed by atoms with van der Waals surface area (Å²) in [5.74, 6) is 0.921. The number of ether oxygens (including phenoxy) is 1. The molecule has 0 saturated heterocycles. The van der Waals surface area contributed by atoms with Gasteiger partial charge in [0.15, 0.2) is 9.84 Å². The lowest BCUT2D eigenvalue weighted by atomic mass is 10.1. The Morgan fingerprint density at radius 3 is 2.69 bits per heavy atom. The molecule has 1 atom stereocenters. The second-order valence-corrected chi connectivity index (χ2v) is 9.05. The fourth-order valence-corrected chi connectivity index (χ4v) is 3.61. The first-order valence-electron chi connectivity index (χ1n) is 9.47. The molecule has 9 heteroatoms. The van der Waals surface area contributed by atoms with Crippen LogP contribution in [0.2, 0.25) is 0 Å². The van der Waals surface area contributed by atoms with Crippen LogP contribution in [0.1, 0.15) is 54.7 Å². The number of amides is 1. The van der Waals surface area contributed by atoms with Gasteiger partial charge in [0.2, 0.25) is 11.8 Å². The van der Waals surface area contributed by atoms with Crippen LogP contribution in [0.3, 0.4) is 0 Å². The van der Waals surface area contributed by atoms with Crippen LogP contribution in [0.15, 0.2) is 42.1 Å². The smallest absolute Gasteiger partial charge is 0.258 e. The molecule has 2 aromatic rings. The molecule has 2 aromatic heterocycles. The van der Waals surface area contributed by atoms with Gasteiger partial charge in [-0.1, -0.05) is 25.0 Å². The Morgan fingerprint density at radius 1 is 1.28 bits per heavy atom. The van der Waals surface area contributed by atoms with E-state index in [1.807, 2.05) is 0 Å². The van der Waals surface area contributed by atoms with Crippen molar-refractivity contribution in [3.63, 3.8) is 0 Å². The van der Waals surface area contributed by atoms with Crippen molar-refractivity contribution in [2.24, 2.45) is 0 Å². The first-order chi connectivity index (χ1) is 13.8. The van der Waals surface area contributed by atoms with Gasteiger partial charge in [-0.3, -0.25) is 4.79 Å². The van der Waals surface area contributed by atoms with E-state index in [0.29, 0.717) is 11.7 Å². The fraction of sp³-hybridized carbons (Fsp3) is 0.400. The van der Waals surface area contributed by atoms with Gasteiger partial charge in [0.25, 0.3) is 5.91 Å². The number of sulfone groups is 1. The molecule has 8 nitrogen and oxygen atoms in total. The van der Waals surface area contributed by atoms with Gasteiger partial charge in [-0.2, -0.15) is 4.98 Å². The lowest BCUT2D eigenvalue weighted by Crippen LogP contribution is -2.32. The zero-order chi connectivity index (χ0) is 20.9. The highest BCUT2D eigenvalue weighted by Crippen LogP contribution is 2.33. The van der Waals surface area contributed by atoms with E-state index in [-0.39, 0.29) is 17.4 Å². The lowest BCUT2D eigenvalue weighted by molar-refractivity contribution is 0.0943. The van der Waals surface area contributed by atoms with E-state index in [0.717, 1.165) is 37.3 Å². The topological polar surface area (TPSA) is 111 Å². The average molecular weight is 417 g/mol. The second kappa shape index (κ2) is 9.13. The van der Waals surface area contributed by atoms with Crippen LogP contribution in [0.25, 0.3) is 0 Å². The van der Waals surface area contributed by atoms with E-state index in [2.05, 4.69) is 20.3 Å². The van der Waals surface area contributed by atoms with Gasteiger partial charge >= 0.3 is 0 Å². The van der Waals surface area contributed by atoms with Gasteiger partial charge < -0.3 is 10.1 Å². The van der Waals surface area contributed by atoms with Gasteiger partial charge in [0.05, 0.1) is 0 Å². The summed E-state index contributed by atoms with van der Waals surface area (Å²) >= 11 is 0. The number of rotatable bonds is 7. The summed E-state index contributed by atoms with van der Waals surface area (Å²) in [6, 6.07) is 4.71. The van der Waals surface area contributed by atoms with Crippen LogP contribution in [0.5, 0.6) is 11.8 Å². The summed E-state index contributed by atoms with van der Waals surface area (Å²) in [5.41, 5.74) is 0.164. The maximum atomic E-state index is 12.7. The Morgan fingerprint density at radius 2 is 2.03 bits per heavy atom. The summed E-state index contributed by atoms with van der Waals surface area (Å²) in [5, 5.41) is 3.77. The number of hydrogen-bond donors (Lipinski definition) is 1. The fourth-order valence-electron chi connectivity index (χ4n) is 3.09. The van der Waals surface area contributed by atoms with Gasteiger partial charge in [-0.05, 0) is 25.8 Å². The average Bonchev–Trinajstić information content (AvgIpc) is 3.21. The molecular weight excluding hydrogens is 392 g/mol. The van der Waals surface area contributed by atoms with Crippen molar-refractivity contribution in [2.75, 3.05) is 6.26 Å². The minimum atomic E-state index is -3.27. The molecule has 1 saturated carbocycles. The third-order valence-corrected chi connectivity index (χ3v) is 5.20. The molecule has 0 aliphatic heterocycles. The van der Waals surface area contributed by atoms with Crippen LogP contribution in [-0.2, 0) is 9.84 Å². The normalized spacial score (nSPS) is 16.1. The number of pyridine rings is 1. The molecule has 29 heavy (non-hydrogen) atoms. The predicted molar refractivity (Wildman–Crippen MR) is 108 cm³/mol. The minimum Gasteiger partial charge on any atom is -0.420 e. The van der Waals surface area contributed by atoms with E-state index < -0.39 is 21.8 Å². The molecule has 0 radical (unpaired) electrons. The van der Waals surface area contributed by atoms with Crippen molar-refractivity contribution in [1.82, 2.24) is 20.3 Å². The number of carbonyl (C=O) groups is 1. The van der Waals surface area contributed by atoms with Gasteiger partial charge in [-0.15, -0.1) is 0 Å². The summed E-state index contributed by atoms with van der Waals surface area (Å²) < 4.78 is 28.3. The van der Waals surface area contributed by atoms with Gasteiger partial charge in [0.1, 0.15) is 11.4 Å². The minimum absolute atomic E-state index is 0.136. The van der Waals surface area contributed by atoms with Crippen LogP contribution in [0, 0.1) is 0 Å². The molecule has 1 aliphatic rings. The zero-order valence-electron chi connectivity index (χ0n) is 16.4. The predicted octanol–water partition coefficient (Wildman–Crippen LogP) is 3.00. The molecule has 1 aliphatic carbocycles. The third kappa shape index (κ3) is 6.08. The SMILES string of the molecule is CC(C=CS(C)(=O)=O)NC(=O)c1cnc(C2CCCC2)nc1Oc1ccccn1. The van der Waals surface area contributed by atoms with Crippen molar-refractivity contribution in [3.8, 4) is 11.8 Å². The monoisotopic (exact) mass is 416 g/mol. The second-order valence-electron chi connectivity index (χ2n) is 7.12. The van der Waals surface area contributed by atoms with Crippen LogP contribution >= 0.6 is 0 Å². The van der Waals surface area contributed by atoms with Crippen LogP contribution in [0.4, 0.5) is 0 Å². The Labute approximate surface area is 170 Å². The van der Waals surface area contributed by atoms with Crippen molar-refractivity contribution in [1.29, 1.82) is 0 Å². The van der Waals surface area contributed by atoms with Crippen LogP contribution in [-0.4, -0.2) is 41.6 Å². The summed E-state index contributed by atoms with van der Waals surface area (Å²) in [6.45, 7) is 1.67. The molecule has 1 unspecified atom stereocenters. The Kier molecular flexibility index (Phi) is 6.58. The zero-order valence-corrected chi connectivity index (χ0v) is 17.2. The molecule has 154 valence electrons. The number of aromatic nitrogens is 3. The molecule has 1 N–H and O–H groups in total. The van der Waals surface area contributed by atoms with Crippen molar-refractivity contribution >= 4 is 15.7 Å². The molecular formula is C20H24N4O4S. The molecule has 0 bridgehead atoms. The van der Waals surface area contributed by atoms with E-state index in [1.54, 1.807) is 31.3 Å². The van der Waals surface area contributed by atoms with Gasteiger partial charge in [-0.25, -0.2) is 18.4 Å². The highest BCUT2D eigenvalue weighted by molar-refractivity contribution is 7.93. The molecule has 1 fully saturated rings. The van der Waals surface area contributed by atoms with Crippen LogP contribution < -0.4 is 10.1 Å². The standard InChI is InChI=1S/C20H24N4O4S/c1-14(10-12-29(2,26)27)23-19(25)16-13-22-18(15-7-3-4-8-15)24-20(16)28-17-9-5-6-11-21-17/h5-6,9-15H,3-4,7-8H2,1-2H3,(H,23,25). The lowest BCUT2D eigenvalue weighted by Gasteiger charge is -2.15. The Balaban J connectivity index is 1.85. The van der Waals surface area contributed by atoms with Crippen molar-refractivity contribution in [3.05, 3.63) is 53.5 Å². The van der Waals surface area contributed by atoms with Crippen molar-refractivity contribution < 1.29 is 17.9 Å². The molecule has 1 amide bonds. The maximum Gasteiger partial charge on any atom is 0.258 e. The number of hydrogen-bond acceptors (Lipinski definition) is 7. The highest BCUT2D eigenvalue weighted by Gasteiger charge is 2.24. The van der Waals surface area contributed by atoms with Crippen molar-refractivity contribution in [2.45, 2.75) is 44.6 Å². The van der Waals surface area contributed by atoms with E-state index in [1.165, 1.54) is 12.3 Å². The Bertz CT molecular complexity index is 987. The molecule has 0 aromatic carbocycles. The summed E-state index contributed by atoms with van der Waals surface area (Å²) in [6.07, 6.45) is 9.84.